The van der Waals surface area contributed by atoms with Crippen LogP contribution in [0, 0.1) is 5.92 Å². The maximum atomic E-state index is 12.6. The zero-order valence-electron chi connectivity index (χ0n) is 11.4. The van der Waals surface area contributed by atoms with Crippen molar-refractivity contribution in [1.29, 1.82) is 0 Å². The van der Waals surface area contributed by atoms with E-state index in [1.807, 2.05) is 4.90 Å². The number of hydrogen-bond donors (Lipinski definition) is 1. The van der Waals surface area contributed by atoms with E-state index in [0.717, 1.165) is 32.1 Å². The summed E-state index contributed by atoms with van der Waals surface area (Å²) in [5.74, 6) is 0.529. The minimum absolute atomic E-state index is 0.0223. The molecule has 1 N–H and O–H groups in total. The van der Waals surface area contributed by atoms with Gasteiger partial charge in [0.2, 0.25) is 11.8 Å². The topological polar surface area (TPSA) is 58.6 Å². The van der Waals surface area contributed by atoms with Crippen LogP contribution in [-0.2, 0) is 14.3 Å². The molecule has 1 saturated heterocycles. The molecule has 0 bridgehead atoms. The molecule has 2 saturated carbocycles. The fourth-order valence-electron chi connectivity index (χ4n) is 3.34. The molecule has 0 aromatic heterocycles. The smallest absolute Gasteiger partial charge is 0.245 e. The summed E-state index contributed by atoms with van der Waals surface area (Å²) in [6.45, 7) is 0.564. The van der Waals surface area contributed by atoms with E-state index in [1.54, 1.807) is 7.11 Å². The summed E-state index contributed by atoms with van der Waals surface area (Å²) in [4.78, 5) is 26.3. The number of hydrogen-bond acceptors (Lipinski definition) is 3. The molecule has 3 fully saturated rings. The van der Waals surface area contributed by atoms with Gasteiger partial charge in [-0.1, -0.05) is 0 Å². The number of nitrogens with zero attached hydrogens (tertiary/aromatic N) is 1. The van der Waals surface area contributed by atoms with Gasteiger partial charge in [-0.3, -0.25) is 9.59 Å². The molecular formula is C14H22N2O3. The van der Waals surface area contributed by atoms with Gasteiger partial charge < -0.3 is 15.0 Å². The van der Waals surface area contributed by atoms with Crippen LogP contribution < -0.4 is 5.32 Å². The van der Waals surface area contributed by atoms with E-state index in [4.69, 9.17) is 4.74 Å². The first kappa shape index (κ1) is 12.9. The third kappa shape index (κ3) is 2.61. The van der Waals surface area contributed by atoms with E-state index in [1.165, 1.54) is 0 Å². The molecule has 2 aliphatic carbocycles. The number of methoxy groups -OCH3 is 1. The largest absolute Gasteiger partial charge is 0.381 e. The van der Waals surface area contributed by atoms with Crippen molar-refractivity contribution in [3.05, 3.63) is 0 Å². The van der Waals surface area contributed by atoms with E-state index >= 15 is 0 Å². The van der Waals surface area contributed by atoms with Gasteiger partial charge in [-0.25, -0.2) is 0 Å². The Bertz CT molecular complexity index is 381. The van der Waals surface area contributed by atoms with Crippen LogP contribution in [0.3, 0.4) is 0 Å². The van der Waals surface area contributed by atoms with E-state index in [9.17, 15) is 9.59 Å². The number of rotatable bonds is 3. The molecule has 3 unspecified atom stereocenters. The molecule has 3 atom stereocenters. The molecule has 0 radical (unpaired) electrons. The summed E-state index contributed by atoms with van der Waals surface area (Å²) in [6, 6.07) is -0.0111. The van der Waals surface area contributed by atoms with Crippen molar-refractivity contribution in [2.75, 3.05) is 13.7 Å². The van der Waals surface area contributed by atoms with Crippen molar-refractivity contribution in [2.45, 2.75) is 56.7 Å². The zero-order valence-corrected chi connectivity index (χ0v) is 11.4. The third-order valence-corrected chi connectivity index (χ3v) is 4.67. The minimum atomic E-state index is -0.267. The lowest BCUT2D eigenvalue weighted by Gasteiger charge is -2.30. The van der Waals surface area contributed by atoms with Crippen LogP contribution in [0.15, 0.2) is 0 Å². The van der Waals surface area contributed by atoms with E-state index in [0.29, 0.717) is 18.9 Å². The van der Waals surface area contributed by atoms with Crippen molar-refractivity contribution in [3.8, 4) is 0 Å². The van der Waals surface area contributed by atoms with Crippen LogP contribution >= 0.6 is 0 Å². The van der Waals surface area contributed by atoms with Crippen molar-refractivity contribution in [2.24, 2.45) is 5.92 Å². The van der Waals surface area contributed by atoms with E-state index in [2.05, 4.69) is 5.32 Å². The maximum Gasteiger partial charge on any atom is 0.245 e. The Morgan fingerprint density at radius 2 is 2.00 bits per heavy atom. The van der Waals surface area contributed by atoms with Crippen LogP contribution in [0.5, 0.6) is 0 Å². The normalized spacial score (nSPS) is 36.3. The van der Waals surface area contributed by atoms with Gasteiger partial charge in [0, 0.05) is 26.1 Å². The summed E-state index contributed by atoms with van der Waals surface area (Å²) in [7, 11) is 1.73. The Morgan fingerprint density at radius 3 is 2.63 bits per heavy atom. The average molecular weight is 266 g/mol. The second kappa shape index (κ2) is 5.12. The van der Waals surface area contributed by atoms with E-state index < -0.39 is 0 Å². The highest BCUT2D eigenvalue weighted by Gasteiger charge is 2.43. The lowest BCUT2D eigenvalue weighted by atomic mass is 10.1. The predicted octanol–water partition coefficient (Wildman–Crippen LogP) is 0.681. The van der Waals surface area contributed by atoms with Gasteiger partial charge in [-0.05, 0) is 38.0 Å². The zero-order chi connectivity index (χ0) is 13.4. The van der Waals surface area contributed by atoms with E-state index in [-0.39, 0.29) is 30.0 Å². The van der Waals surface area contributed by atoms with Gasteiger partial charge in [0.05, 0.1) is 6.10 Å². The van der Waals surface area contributed by atoms with Gasteiger partial charge in [-0.2, -0.15) is 0 Å². The number of amides is 2. The minimum Gasteiger partial charge on any atom is -0.381 e. The molecule has 0 aromatic rings. The lowest BCUT2D eigenvalue weighted by Crippen LogP contribution is -2.49. The predicted molar refractivity (Wildman–Crippen MR) is 69.4 cm³/mol. The number of ether oxygens (including phenoxy) is 1. The average Bonchev–Trinajstić information content (AvgIpc) is 3.15. The molecule has 2 amide bonds. The number of nitrogens with one attached hydrogen (secondary N) is 1. The van der Waals surface area contributed by atoms with Crippen LogP contribution in [0.4, 0.5) is 0 Å². The molecule has 1 aliphatic heterocycles. The van der Waals surface area contributed by atoms with Crippen LogP contribution in [0.1, 0.15) is 38.5 Å². The molecule has 0 spiro atoms. The summed E-state index contributed by atoms with van der Waals surface area (Å²) < 4.78 is 5.39. The van der Waals surface area contributed by atoms with Gasteiger partial charge in [0.15, 0.2) is 0 Å². The second-order valence-electron chi connectivity index (χ2n) is 5.99. The van der Waals surface area contributed by atoms with Gasteiger partial charge in [0.25, 0.3) is 0 Å². The first-order valence-electron chi connectivity index (χ1n) is 7.31. The molecular weight excluding hydrogens is 244 g/mol. The lowest BCUT2D eigenvalue weighted by molar-refractivity contribution is -0.136. The van der Waals surface area contributed by atoms with Gasteiger partial charge >= 0.3 is 0 Å². The summed E-state index contributed by atoms with van der Waals surface area (Å²) >= 11 is 0. The Labute approximate surface area is 113 Å². The first-order valence-corrected chi connectivity index (χ1v) is 7.31. The molecule has 106 valence electrons. The molecule has 3 aliphatic rings. The molecule has 3 rings (SSSR count). The Morgan fingerprint density at radius 1 is 1.21 bits per heavy atom. The van der Waals surface area contributed by atoms with Crippen LogP contribution in [0.2, 0.25) is 0 Å². The third-order valence-electron chi connectivity index (χ3n) is 4.67. The quantitative estimate of drug-likeness (QED) is 0.817. The molecule has 5 nitrogen and oxygen atoms in total. The number of carbonyl (C=O) groups excluding carboxylic acids is 2. The SMILES string of the molecule is COC1CCC(N2CCC(=O)NC(C3CC3)C2=O)C1. The first-order chi connectivity index (χ1) is 9.19. The fourth-order valence-corrected chi connectivity index (χ4v) is 3.34. The van der Waals surface area contributed by atoms with Crippen molar-refractivity contribution >= 4 is 11.8 Å². The number of carbonyl (C=O) groups is 2. The summed E-state index contributed by atoms with van der Waals surface area (Å²) in [5.41, 5.74) is 0. The summed E-state index contributed by atoms with van der Waals surface area (Å²) in [5, 5.41) is 2.91. The maximum absolute atomic E-state index is 12.6. The standard InChI is InChI=1S/C14H22N2O3/c1-19-11-5-4-10(8-11)16-7-6-12(17)15-13(14(16)18)9-2-3-9/h9-11,13H,2-8H2,1H3,(H,15,17). The second-order valence-corrected chi connectivity index (χ2v) is 5.99. The van der Waals surface area contributed by atoms with Crippen LogP contribution in [-0.4, -0.2) is 48.6 Å². The van der Waals surface area contributed by atoms with Gasteiger partial charge in [0.1, 0.15) is 6.04 Å². The van der Waals surface area contributed by atoms with Gasteiger partial charge in [-0.15, -0.1) is 0 Å². The fraction of sp³-hybridized carbons (Fsp3) is 0.857. The highest BCUT2D eigenvalue weighted by atomic mass is 16.5. The monoisotopic (exact) mass is 266 g/mol. The van der Waals surface area contributed by atoms with Crippen molar-refractivity contribution < 1.29 is 14.3 Å². The Hall–Kier alpha value is -1.10. The molecule has 5 heteroatoms. The Balaban J connectivity index is 1.72. The van der Waals surface area contributed by atoms with Crippen LogP contribution in [0.25, 0.3) is 0 Å². The molecule has 1 heterocycles. The van der Waals surface area contributed by atoms with Crippen molar-refractivity contribution in [1.82, 2.24) is 10.2 Å². The molecule has 0 aromatic carbocycles. The summed E-state index contributed by atoms with van der Waals surface area (Å²) in [6.07, 6.45) is 5.75. The highest BCUT2D eigenvalue weighted by Crippen LogP contribution is 2.35. The Kier molecular flexibility index (Phi) is 3.48. The molecule has 19 heavy (non-hydrogen) atoms. The van der Waals surface area contributed by atoms with Crippen molar-refractivity contribution in [3.63, 3.8) is 0 Å². The highest BCUT2D eigenvalue weighted by molar-refractivity contribution is 5.90.